The Hall–Kier alpha value is -1.08. The van der Waals surface area contributed by atoms with Gasteiger partial charge in [-0.15, -0.1) is 0 Å². The lowest BCUT2D eigenvalue weighted by molar-refractivity contribution is -0.131. The fourth-order valence-corrected chi connectivity index (χ4v) is 1.63. The van der Waals surface area contributed by atoms with Crippen LogP contribution >= 0.6 is 0 Å². The van der Waals surface area contributed by atoms with E-state index >= 15 is 0 Å². The molecule has 0 bridgehead atoms. The van der Waals surface area contributed by atoms with Gasteiger partial charge in [-0.1, -0.05) is 6.92 Å². The largest absolute Gasteiger partial charge is 0.344 e. The van der Waals surface area contributed by atoms with Crippen LogP contribution in [0.2, 0.25) is 0 Å². The lowest BCUT2D eigenvalue weighted by Crippen LogP contribution is -2.39. The van der Waals surface area contributed by atoms with Gasteiger partial charge in [0.1, 0.15) is 0 Å². The zero-order valence-electron chi connectivity index (χ0n) is 10.3. The van der Waals surface area contributed by atoms with Crippen molar-refractivity contribution in [2.75, 3.05) is 33.2 Å². The van der Waals surface area contributed by atoms with Crippen molar-refractivity contribution < 1.29 is 4.79 Å². The molecule has 4 heteroatoms. The zero-order valence-corrected chi connectivity index (χ0v) is 10.3. The van der Waals surface area contributed by atoms with Crippen LogP contribution in [0, 0.1) is 17.2 Å². The monoisotopic (exact) mass is 223 g/mol. The summed E-state index contributed by atoms with van der Waals surface area (Å²) in [4.78, 5) is 15.6. The molecule has 1 amide bonds. The summed E-state index contributed by atoms with van der Waals surface area (Å²) in [6, 6.07) is 2.06. The summed E-state index contributed by atoms with van der Waals surface area (Å²) in [5, 5.41) is 8.45. The summed E-state index contributed by atoms with van der Waals surface area (Å²) in [5.74, 6) is 0.940. The van der Waals surface area contributed by atoms with Crippen LogP contribution in [-0.4, -0.2) is 48.9 Å². The predicted molar refractivity (Wildman–Crippen MR) is 62.7 cm³/mol. The molecule has 0 saturated heterocycles. The van der Waals surface area contributed by atoms with Crippen molar-refractivity contribution in [3.63, 3.8) is 0 Å². The molecule has 0 N–H and O–H groups in total. The van der Waals surface area contributed by atoms with Gasteiger partial charge in [0.2, 0.25) is 5.91 Å². The third kappa shape index (κ3) is 4.63. The summed E-state index contributed by atoms with van der Waals surface area (Å²) in [6.45, 7) is 5.10. The molecule has 0 aromatic heterocycles. The molecule has 0 aliphatic heterocycles. The Morgan fingerprint density at radius 3 is 2.69 bits per heavy atom. The molecule has 1 rings (SSSR count). The van der Waals surface area contributed by atoms with Crippen LogP contribution in [0.1, 0.15) is 26.2 Å². The number of rotatable bonds is 7. The highest BCUT2D eigenvalue weighted by Gasteiger charge is 2.24. The highest BCUT2D eigenvalue weighted by Crippen LogP contribution is 2.29. The van der Waals surface area contributed by atoms with Crippen LogP contribution in [-0.2, 0) is 4.79 Å². The molecule has 1 aliphatic rings. The molecule has 0 aromatic rings. The number of hydrogen-bond donors (Lipinski definition) is 0. The van der Waals surface area contributed by atoms with Crippen molar-refractivity contribution >= 4 is 5.91 Å². The smallest absolute Gasteiger partial charge is 0.236 e. The van der Waals surface area contributed by atoms with E-state index in [1.165, 1.54) is 12.8 Å². The van der Waals surface area contributed by atoms with E-state index in [2.05, 4.69) is 17.9 Å². The normalized spacial score (nSPS) is 14.9. The van der Waals surface area contributed by atoms with E-state index in [1.807, 2.05) is 0 Å². The van der Waals surface area contributed by atoms with Crippen molar-refractivity contribution in [1.82, 2.24) is 9.80 Å². The van der Waals surface area contributed by atoms with Crippen molar-refractivity contribution in [3.8, 4) is 6.07 Å². The maximum atomic E-state index is 11.8. The van der Waals surface area contributed by atoms with Crippen LogP contribution in [0.4, 0.5) is 0 Å². The van der Waals surface area contributed by atoms with Gasteiger partial charge in [-0.3, -0.25) is 9.69 Å². The maximum Gasteiger partial charge on any atom is 0.236 e. The highest BCUT2D eigenvalue weighted by molar-refractivity contribution is 5.77. The van der Waals surface area contributed by atoms with E-state index in [-0.39, 0.29) is 5.91 Å². The van der Waals surface area contributed by atoms with E-state index in [0.717, 1.165) is 19.0 Å². The van der Waals surface area contributed by atoms with Crippen molar-refractivity contribution in [2.24, 2.45) is 5.92 Å². The zero-order chi connectivity index (χ0) is 12.0. The lowest BCUT2D eigenvalue weighted by Gasteiger charge is -2.23. The van der Waals surface area contributed by atoms with E-state index < -0.39 is 0 Å². The average Bonchev–Trinajstić information content (AvgIpc) is 3.08. The number of carbonyl (C=O) groups excluding carboxylic acids is 1. The highest BCUT2D eigenvalue weighted by atomic mass is 16.2. The minimum Gasteiger partial charge on any atom is -0.344 e. The van der Waals surface area contributed by atoms with E-state index in [1.54, 1.807) is 11.9 Å². The Bertz CT molecular complexity index is 268. The molecule has 0 aromatic carbocycles. The molecule has 0 spiro atoms. The van der Waals surface area contributed by atoms with E-state index in [9.17, 15) is 4.79 Å². The second-order valence-electron chi connectivity index (χ2n) is 4.49. The summed E-state index contributed by atoms with van der Waals surface area (Å²) in [7, 11) is 1.77. The van der Waals surface area contributed by atoms with Crippen molar-refractivity contribution in [2.45, 2.75) is 26.2 Å². The first kappa shape index (κ1) is 13.0. The molecule has 16 heavy (non-hydrogen) atoms. The topological polar surface area (TPSA) is 47.3 Å². The van der Waals surface area contributed by atoms with Gasteiger partial charge >= 0.3 is 0 Å². The van der Waals surface area contributed by atoms with Gasteiger partial charge in [-0.25, -0.2) is 0 Å². The van der Waals surface area contributed by atoms with Gasteiger partial charge in [0, 0.05) is 20.1 Å². The number of nitriles is 1. The Morgan fingerprint density at radius 2 is 2.19 bits per heavy atom. The molecule has 0 atom stereocenters. The molecule has 1 saturated carbocycles. The molecule has 1 fully saturated rings. The third-order valence-electron chi connectivity index (χ3n) is 3.00. The molecule has 0 unspecified atom stereocenters. The van der Waals surface area contributed by atoms with E-state index in [4.69, 9.17) is 5.26 Å². The molecular weight excluding hydrogens is 202 g/mol. The fraction of sp³-hybridized carbons (Fsp3) is 0.833. The molecular formula is C12H21N3O. The maximum absolute atomic E-state index is 11.8. The number of likely N-dealkylation sites (N-methyl/N-ethyl adjacent to an activating group) is 2. The Balaban J connectivity index is 2.26. The van der Waals surface area contributed by atoms with Gasteiger partial charge in [0.05, 0.1) is 19.0 Å². The summed E-state index contributed by atoms with van der Waals surface area (Å²) in [6.07, 6.45) is 3.04. The lowest BCUT2D eigenvalue weighted by atomic mass is 10.3. The van der Waals surface area contributed by atoms with Crippen LogP contribution in [0.25, 0.3) is 0 Å². The number of hydrogen-bond acceptors (Lipinski definition) is 3. The predicted octanol–water partition coefficient (Wildman–Crippen LogP) is 1.09. The summed E-state index contributed by atoms with van der Waals surface area (Å²) < 4.78 is 0. The Labute approximate surface area is 97.8 Å². The molecule has 0 radical (unpaired) electrons. The minimum absolute atomic E-state index is 0.123. The van der Waals surface area contributed by atoms with Gasteiger partial charge in [-0.2, -0.15) is 5.26 Å². The first-order valence-electron chi connectivity index (χ1n) is 6.00. The van der Waals surface area contributed by atoms with Gasteiger partial charge in [-0.05, 0) is 25.3 Å². The second-order valence-corrected chi connectivity index (χ2v) is 4.49. The number of nitrogens with zero attached hydrogens (tertiary/aromatic N) is 3. The van der Waals surface area contributed by atoms with Gasteiger partial charge < -0.3 is 4.90 Å². The van der Waals surface area contributed by atoms with Crippen molar-refractivity contribution in [3.05, 3.63) is 0 Å². The first-order valence-corrected chi connectivity index (χ1v) is 6.00. The Morgan fingerprint density at radius 1 is 1.50 bits per heavy atom. The molecule has 90 valence electrons. The molecule has 1 aliphatic carbocycles. The third-order valence-corrected chi connectivity index (χ3v) is 3.00. The number of carbonyl (C=O) groups is 1. The van der Waals surface area contributed by atoms with Crippen molar-refractivity contribution in [1.29, 1.82) is 5.26 Å². The van der Waals surface area contributed by atoms with Crippen LogP contribution in [0.5, 0.6) is 0 Å². The molecule has 0 heterocycles. The summed E-state index contributed by atoms with van der Waals surface area (Å²) in [5.41, 5.74) is 0. The van der Waals surface area contributed by atoms with Crippen LogP contribution in [0.15, 0.2) is 0 Å². The van der Waals surface area contributed by atoms with Crippen LogP contribution in [0.3, 0.4) is 0 Å². The van der Waals surface area contributed by atoms with Gasteiger partial charge in [0.25, 0.3) is 0 Å². The first-order chi connectivity index (χ1) is 7.67. The van der Waals surface area contributed by atoms with Crippen LogP contribution < -0.4 is 0 Å². The quantitative estimate of drug-likeness (QED) is 0.649. The average molecular weight is 223 g/mol. The van der Waals surface area contributed by atoms with E-state index in [0.29, 0.717) is 19.5 Å². The fourth-order valence-electron chi connectivity index (χ4n) is 1.63. The second kappa shape index (κ2) is 6.49. The minimum atomic E-state index is 0.123. The summed E-state index contributed by atoms with van der Waals surface area (Å²) >= 11 is 0. The standard InChI is InChI=1S/C12H21N3O/c1-3-15(9-11-5-6-11)10-12(16)14(2)8-4-7-13/h11H,3-6,8-10H2,1-2H3. The SMILES string of the molecule is CCN(CC(=O)N(C)CCC#N)CC1CC1. The number of amides is 1. The Kier molecular flexibility index (Phi) is 5.27. The molecule has 4 nitrogen and oxygen atoms in total. The van der Waals surface area contributed by atoms with Gasteiger partial charge in [0.15, 0.2) is 0 Å².